The highest BCUT2D eigenvalue weighted by atomic mass is 31.1. The number of aromatic nitrogens is 3. The molecule has 0 radical (unpaired) electrons. The van der Waals surface area contributed by atoms with E-state index in [2.05, 4.69) is 17.0 Å². The molecular weight excluding hydrogens is 376 g/mol. The van der Waals surface area contributed by atoms with E-state index in [-0.39, 0.29) is 24.5 Å². The Bertz CT molecular complexity index is 984. The molecule has 3 aromatic rings. The highest BCUT2D eigenvalue weighted by molar-refractivity contribution is 7.35. The number of benzene rings is 1. The number of hydrogen-bond acceptors (Lipinski definition) is 5. The van der Waals surface area contributed by atoms with E-state index in [4.69, 9.17) is 10.8 Å². The fraction of sp³-hybridized carbons (Fsp3) is 0.400. The van der Waals surface area contributed by atoms with Gasteiger partial charge in [0, 0.05) is 33.1 Å². The Morgan fingerprint density at radius 2 is 2.07 bits per heavy atom. The van der Waals surface area contributed by atoms with Crippen molar-refractivity contribution in [2.75, 3.05) is 12.0 Å². The molecular formula is C20H25FN5OP. The van der Waals surface area contributed by atoms with Crippen LogP contribution in [-0.2, 0) is 6.54 Å². The number of anilines is 1. The van der Waals surface area contributed by atoms with Crippen LogP contribution in [0.4, 0.5) is 10.2 Å². The lowest BCUT2D eigenvalue weighted by Gasteiger charge is -2.26. The maximum absolute atomic E-state index is 14.4. The average molecular weight is 401 g/mol. The van der Waals surface area contributed by atoms with Gasteiger partial charge in [0.2, 0.25) is 0 Å². The number of aliphatic hydroxyl groups is 1. The van der Waals surface area contributed by atoms with E-state index in [0.29, 0.717) is 14.3 Å². The molecule has 28 heavy (non-hydrogen) atoms. The predicted octanol–water partition coefficient (Wildman–Crippen LogP) is 3.48. The zero-order valence-electron chi connectivity index (χ0n) is 15.8. The molecule has 1 atom stereocenters. The lowest BCUT2D eigenvalue weighted by Crippen LogP contribution is -2.28. The fourth-order valence-electron chi connectivity index (χ4n) is 3.83. The Morgan fingerprint density at radius 1 is 1.29 bits per heavy atom. The van der Waals surface area contributed by atoms with Crippen molar-refractivity contribution >= 4 is 25.6 Å². The van der Waals surface area contributed by atoms with Gasteiger partial charge in [-0.15, -0.1) is 5.10 Å². The van der Waals surface area contributed by atoms with Gasteiger partial charge in [-0.25, -0.2) is 13.8 Å². The molecule has 1 aliphatic carbocycles. The van der Waals surface area contributed by atoms with Gasteiger partial charge >= 0.3 is 0 Å². The van der Waals surface area contributed by atoms with E-state index in [1.54, 1.807) is 12.3 Å². The molecule has 1 unspecified atom stereocenters. The zero-order valence-corrected chi connectivity index (χ0v) is 16.8. The predicted molar refractivity (Wildman–Crippen MR) is 112 cm³/mol. The smallest absolute Gasteiger partial charge is 0.163 e. The molecule has 6 nitrogen and oxygen atoms in total. The second-order valence-corrected chi connectivity index (χ2v) is 8.07. The monoisotopic (exact) mass is 401 g/mol. The van der Waals surface area contributed by atoms with Crippen molar-refractivity contribution in [2.45, 2.75) is 44.4 Å². The Hall–Kier alpha value is -2.08. The molecule has 2 aromatic heterocycles. The molecule has 0 amide bonds. The van der Waals surface area contributed by atoms with E-state index >= 15 is 0 Å². The molecule has 8 heteroatoms. The number of halogens is 1. The van der Waals surface area contributed by atoms with E-state index in [1.807, 2.05) is 16.6 Å². The first-order valence-corrected chi connectivity index (χ1v) is 11.0. The Balaban J connectivity index is 1.79. The number of nitrogens with two attached hydrogens (primary N) is 1. The van der Waals surface area contributed by atoms with Gasteiger partial charge in [0.1, 0.15) is 5.82 Å². The molecule has 1 saturated carbocycles. The molecule has 148 valence electrons. The fourth-order valence-corrected chi connectivity index (χ4v) is 4.41. The molecule has 0 bridgehead atoms. The highest BCUT2D eigenvalue weighted by Gasteiger charge is 2.23. The van der Waals surface area contributed by atoms with Gasteiger partial charge < -0.3 is 16.2 Å². The van der Waals surface area contributed by atoms with E-state index in [0.717, 1.165) is 53.7 Å². The minimum atomic E-state index is -0.300. The number of fused-ring (bicyclic) bond motifs is 1. The molecule has 2 heterocycles. The molecule has 0 saturated heterocycles. The minimum absolute atomic E-state index is 0.174. The third-order valence-corrected chi connectivity index (χ3v) is 6.14. The largest absolute Gasteiger partial charge is 0.393 e. The summed E-state index contributed by atoms with van der Waals surface area (Å²) in [5, 5.41) is 19.0. The van der Waals surface area contributed by atoms with Gasteiger partial charge in [-0.05, 0) is 55.6 Å². The Kier molecular flexibility index (Phi) is 5.58. The Morgan fingerprint density at radius 3 is 2.75 bits per heavy atom. The molecule has 1 aliphatic rings. The Labute approximate surface area is 165 Å². The van der Waals surface area contributed by atoms with Crippen molar-refractivity contribution < 1.29 is 9.50 Å². The van der Waals surface area contributed by atoms with Crippen molar-refractivity contribution in [3.8, 4) is 11.1 Å². The third kappa shape index (κ3) is 3.62. The average Bonchev–Trinajstić information content (AvgIpc) is 3.07. The topological polar surface area (TPSA) is 89.0 Å². The van der Waals surface area contributed by atoms with Crippen molar-refractivity contribution in [2.24, 2.45) is 5.73 Å². The van der Waals surface area contributed by atoms with Crippen LogP contribution in [0.1, 0.15) is 31.2 Å². The number of hydrogen-bond donors (Lipinski definition) is 3. The SMILES string of the molecule is CPn1nc(NC2CCC(O)CC2)c2c(-c3ccc(CN)c(F)c3)ccnc21. The van der Waals surface area contributed by atoms with Crippen molar-refractivity contribution in [3.05, 3.63) is 41.8 Å². The van der Waals surface area contributed by atoms with Gasteiger partial charge in [0.15, 0.2) is 11.5 Å². The molecule has 1 fully saturated rings. The quantitative estimate of drug-likeness (QED) is 0.570. The van der Waals surface area contributed by atoms with E-state index < -0.39 is 0 Å². The summed E-state index contributed by atoms with van der Waals surface area (Å²) in [5.74, 6) is 0.475. The molecule has 0 aliphatic heterocycles. The van der Waals surface area contributed by atoms with Crippen LogP contribution in [-0.4, -0.2) is 38.5 Å². The lowest BCUT2D eigenvalue weighted by molar-refractivity contribution is 0.126. The van der Waals surface area contributed by atoms with E-state index in [9.17, 15) is 9.50 Å². The molecule has 1 aromatic carbocycles. The third-order valence-electron chi connectivity index (χ3n) is 5.40. The first-order valence-electron chi connectivity index (χ1n) is 9.59. The molecule has 0 spiro atoms. The van der Waals surface area contributed by atoms with Crippen LogP contribution in [0.5, 0.6) is 0 Å². The molecule has 4 N–H and O–H groups in total. The summed E-state index contributed by atoms with van der Waals surface area (Å²) in [6, 6.07) is 7.33. The summed E-state index contributed by atoms with van der Waals surface area (Å²) in [5.41, 5.74) is 8.57. The minimum Gasteiger partial charge on any atom is -0.393 e. The van der Waals surface area contributed by atoms with Crippen LogP contribution >= 0.6 is 8.73 Å². The van der Waals surface area contributed by atoms with Crippen LogP contribution in [0.2, 0.25) is 0 Å². The first kappa shape index (κ1) is 19.2. The first-order chi connectivity index (χ1) is 13.6. The normalized spacial score (nSPS) is 20.3. The summed E-state index contributed by atoms with van der Waals surface area (Å²) >= 11 is 0. The summed E-state index contributed by atoms with van der Waals surface area (Å²) < 4.78 is 16.3. The van der Waals surface area contributed by atoms with Crippen LogP contribution < -0.4 is 11.1 Å². The van der Waals surface area contributed by atoms with Crippen molar-refractivity contribution in [1.82, 2.24) is 14.5 Å². The van der Waals surface area contributed by atoms with Gasteiger partial charge in [-0.1, -0.05) is 12.1 Å². The summed E-state index contributed by atoms with van der Waals surface area (Å²) in [6.07, 6.45) is 4.93. The number of pyridine rings is 1. The van der Waals surface area contributed by atoms with Gasteiger partial charge in [-0.3, -0.25) is 0 Å². The van der Waals surface area contributed by atoms with Gasteiger partial charge in [0.05, 0.1) is 11.5 Å². The summed E-state index contributed by atoms with van der Waals surface area (Å²) in [4.78, 5) is 4.53. The second-order valence-electron chi connectivity index (χ2n) is 7.20. The number of nitrogens with zero attached hydrogens (tertiary/aromatic N) is 3. The standard InChI is InChI=1S/C20H25FN5OP/c1-28-26-20-18(19(25-26)24-14-4-6-15(27)7-5-14)16(8-9-23-20)12-2-3-13(11-22)17(21)10-12/h2-3,8-10,14-15,27-28H,4-7,11,22H2,1H3,(H,24,25). The van der Waals surface area contributed by atoms with Crippen LogP contribution in [0.15, 0.2) is 30.5 Å². The zero-order chi connectivity index (χ0) is 19.7. The number of nitrogens with one attached hydrogen (secondary N) is 1. The van der Waals surface area contributed by atoms with Crippen molar-refractivity contribution in [1.29, 1.82) is 0 Å². The number of rotatable bonds is 5. The van der Waals surface area contributed by atoms with Crippen LogP contribution in [0.3, 0.4) is 0 Å². The van der Waals surface area contributed by atoms with Crippen LogP contribution in [0, 0.1) is 5.82 Å². The lowest BCUT2D eigenvalue weighted by atomic mass is 9.93. The second kappa shape index (κ2) is 8.11. The van der Waals surface area contributed by atoms with Crippen molar-refractivity contribution in [3.63, 3.8) is 0 Å². The summed E-state index contributed by atoms with van der Waals surface area (Å²) in [6.45, 7) is 2.23. The highest BCUT2D eigenvalue weighted by Crippen LogP contribution is 2.36. The molecule has 4 rings (SSSR count). The summed E-state index contributed by atoms with van der Waals surface area (Å²) in [7, 11) is 0.435. The number of aliphatic hydroxyl groups excluding tert-OH is 1. The van der Waals surface area contributed by atoms with Gasteiger partial charge in [-0.2, -0.15) is 0 Å². The van der Waals surface area contributed by atoms with E-state index in [1.165, 1.54) is 6.07 Å². The van der Waals surface area contributed by atoms with Gasteiger partial charge in [0.25, 0.3) is 0 Å². The maximum Gasteiger partial charge on any atom is 0.163 e. The maximum atomic E-state index is 14.4. The van der Waals surface area contributed by atoms with Crippen LogP contribution in [0.25, 0.3) is 22.2 Å².